The quantitative estimate of drug-likeness (QED) is 0.791. The Labute approximate surface area is 124 Å². The van der Waals surface area contributed by atoms with E-state index in [2.05, 4.69) is 40.0 Å². The molecule has 0 aliphatic rings. The molecule has 0 saturated carbocycles. The monoisotopic (exact) mass is 339 g/mol. The SMILES string of the molecule is CCOC(=O)c1sc(Br)nc1Cc1ccccc1C. The van der Waals surface area contributed by atoms with Gasteiger partial charge in [-0.15, -0.1) is 0 Å². The molecule has 100 valence electrons. The fourth-order valence-corrected chi connectivity index (χ4v) is 3.19. The van der Waals surface area contributed by atoms with Crippen molar-refractivity contribution in [2.75, 3.05) is 6.61 Å². The van der Waals surface area contributed by atoms with Crippen molar-refractivity contribution in [3.63, 3.8) is 0 Å². The van der Waals surface area contributed by atoms with Crippen molar-refractivity contribution in [1.29, 1.82) is 0 Å². The predicted molar refractivity (Wildman–Crippen MR) is 79.8 cm³/mol. The lowest BCUT2D eigenvalue weighted by molar-refractivity contribution is 0.0530. The van der Waals surface area contributed by atoms with E-state index in [9.17, 15) is 4.79 Å². The van der Waals surface area contributed by atoms with Crippen LogP contribution in [0.2, 0.25) is 0 Å². The highest BCUT2D eigenvalue weighted by Gasteiger charge is 2.19. The van der Waals surface area contributed by atoms with Crippen LogP contribution in [0.3, 0.4) is 0 Å². The molecule has 0 saturated heterocycles. The van der Waals surface area contributed by atoms with Gasteiger partial charge in [0.05, 0.1) is 12.3 Å². The van der Waals surface area contributed by atoms with Crippen LogP contribution in [0, 0.1) is 6.92 Å². The standard InChI is InChI=1S/C14H14BrNO2S/c1-3-18-13(17)12-11(16-14(15)19-12)8-10-7-5-4-6-9(10)2/h4-7H,3,8H2,1-2H3. The summed E-state index contributed by atoms with van der Waals surface area (Å²) in [6.07, 6.45) is 0.642. The Bertz CT molecular complexity index is 595. The molecule has 1 aromatic heterocycles. The molecule has 0 aliphatic carbocycles. The minimum atomic E-state index is -0.297. The summed E-state index contributed by atoms with van der Waals surface area (Å²) in [5, 5.41) is 0. The number of hydrogen-bond acceptors (Lipinski definition) is 4. The van der Waals surface area contributed by atoms with Gasteiger partial charge in [-0.05, 0) is 40.9 Å². The van der Waals surface area contributed by atoms with Crippen LogP contribution in [0.15, 0.2) is 28.2 Å². The number of benzene rings is 1. The van der Waals surface area contributed by atoms with Crippen LogP contribution in [-0.2, 0) is 11.2 Å². The zero-order valence-corrected chi connectivity index (χ0v) is 13.2. The summed E-state index contributed by atoms with van der Waals surface area (Å²) in [7, 11) is 0. The number of hydrogen-bond donors (Lipinski definition) is 0. The highest BCUT2D eigenvalue weighted by molar-refractivity contribution is 9.11. The van der Waals surface area contributed by atoms with Gasteiger partial charge in [0.15, 0.2) is 3.92 Å². The van der Waals surface area contributed by atoms with E-state index >= 15 is 0 Å². The number of thiazole rings is 1. The van der Waals surface area contributed by atoms with Crippen LogP contribution in [-0.4, -0.2) is 17.6 Å². The smallest absolute Gasteiger partial charge is 0.350 e. The predicted octanol–water partition coefficient (Wildman–Crippen LogP) is 3.98. The minimum absolute atomic E-state index is 0.297. The van der Waals surface area contributed by atoms with Gasteiger partial charge in [0, 0.05) is 6.42 Å². The second-order valence-electron chi connectivity index (χ2n) is 4.07. The van der Waals surface area contributed by atoms with E-state index in [-0.39, 0.29) is 5.97 Å². The summed E-state index contributed by atoms with van der Waals surface area (Å²) < 4.78 is 5.77. The molecule has 0 fully saturated rings. The molecule has 5 heteroatoms. The average Bonchev–Trinajstić information content (AvgIpc) is 2.74. The van der Waals surface area contributed by atoms with Crippen molar-refractivity contribution in [3.8, 4) is 0 Å². The topological polar surface area (TPSA) is 39.2 Å². The summed E-state index contributed by atoms with van der Waals surface area (Å²) in [6.45, 7) is 4.23. The maximum atomic E-state index is 11.9. The summed E-state index contributed by atoms with van der Waals surface area (Å²) >= 11 is 4.65. The van der Waals surface area contributed by atoms with Crippen molar-refractivity contribution >= 4 is 33.2 Å². The maximum Gasteiger partial charge on any atom is 0.350 e. The number of nitrogens with zero attached hydrogens (tertiary/aromatic N) is 1. The van der Waals surface area contributed by atoms with Crippen molar-refractivity contribution in [1.82, 2.24) is 4.98 Å². The molecule has 0 aliphatic heterocycles. The van der Waals surface area contributed by atoms with E-state index in [0.29, 0.717) is 21.8 Å². The van der Waals surface area contributed by atoms with Gasteiger partial charge in [-0.3, -0.25) is 0 Å². The van der Waals surface area contributed by atoms with E-state index in [1.54, 1.807) is 6.92 Å². The number of esters is 1. The van der Waals surface area contributed by atoms with E-state index in [1.165, 1.54) is 22.5 Å². The molecule has 2 rings (SSSR count). The highest BCUT2D eigenvalue weighted by Crippen LogP contribution is 2.26. The molecule has 0 radical (unpaired) electrons. The van der Waals surface area contributed by atoms with Crippen LogP contribution >= 0.6 is 27.3 Å². The van der Waals surface area contributed by atoms with Crippen LogP contribution < -0.4 is 0 Å². The fraction of sp³-hybridized carbons (Fsp3) is 0.286. The van der Waals surface area contributed by atoms with Gasteiger partial charge in [0.1, 0.15) is 4.88 Å². The Hall–Kier alpha value is -1.20. The molecule has 0 N–H and O–H groups in total. The van der Waals surface area contributed by atoms with Gasteiger partial charge in [-0.25, -0.2) is 9.78 Å². The zero-order valence-electron chi connectivity index (χ0n) is 10.8. The number of halogens is 1. The van der Waals surface area contributed by atoms with Gasteiger partial charge in [-0.2, -0.15) is 0 Å². The minimum Gasteiger partial charge on any atom is -0.462 e. The third-order valence-electron chi connectivity index (χ3n) is 2.75. The van der Waals surface area contributed by atoms with E-state index < -0.39 is 0 Å². The number of aryl methyl sites for hydroxylation is 1. The van der Waals surface area contributed by atoms with Crippen LogP contribution in [0.4, 0.5) is 0 Å². The van der Waals surface area contributed by atoms with Gasteiger partial charge in [0.25, 0.3) is 0 Å². The van der Waals surface area contributed by atoms with Gasteiger partial charge < -0.3 is 4.74 Å². The second kappa shape index (κ2) is 6.30. The first-order valence-electron chi connectivity index (χ1n) is 5.98. The number of rotatable bonds is 4. The molecule has 0 atom stereocenters. The largest absolute Gasteiger partial charge is 0.462 e. The fourth-order valence-electron chi connectivity index (χ4n) is 1.79. The Morgan fingerprint density at radius 3 is 2.84 bits per heavy atom. The van der Waals surface area contributed by atoms with Crippen LogP contribution in [0.5, 0.6) is 0 Å². The number of aromatic nitrogens is 1. The summed E-state index contributed by atoms with van der Waals surface area (Å²) in [4.78, 5) is 16.8. The van der Waals surface area contributed by atoms with Gasteiger partial charge in [0.2, 0.25) is 0 Å². The molecule has 3 nitrogen and oxygen atoms in total. The lowest BCUT2D eigenvalue weighted by Crippen LogP contribution is -2.06. The molecule has 0 bridgehead atoms. The molecule has 0 spiro atoms. The first-order valence-corrected chi connectivity index (χ1v) is 7.59. The molecular weight excluding hydrogens is 326 g/mol. The lowest BCUT2D eigenvalue weighted by atomic mass is 10.0. The second-order valence-corrected chi connectivity index (χ2v) is 6.34. The normalized spacial score (nSPS) is 10.5. The van der Waals surface area contributed by atoms with Crippen molar-refractivity contribution in [2.45, 2.75) is 20.3 Å². The summed E-state index contributed by atoms with van der Waals surface area (Å²) in [5.41, 5.74) is 3.14. The third-order valence-corrected chi connectivity index (χ3v) is 4.28. The molecule has 1 aromatic carbocycles. The number of carbonyl (C=O) groups is 1. The number of ether oxygens (including phenoxy) is 1. The van der Waals surface area contributed by atoms with Crippen LogP contribution in [0.1, 0.15) is 33.4 Å². The van der Waals surface area contributed by atoms with Crippen molar-refractivity contribution < 1.29 is 9.53 Å². The maximum absolute atomic E-state index is 11.9. The Balaban J connectivity index is 2.30. The lowest BCUT2D eigenvalue weighted by Gasteiger charge is -2.05. The zero-order chi connectivity index (χ0) is 13.8. The Kier molecular flexibility index (Phi) is 4.71. The Morgan fingerprint density at radius 1 is 1.42 bits per heavy atom. The molecule has 2 aromatic rings. The average molecular weight is 340 g/mol. The van der Waals surface area contributed by atoms with E-state index in [1.807, 2.05) is 12.1 Å². The highest BCUT2D eigenvalue weighted by atomic mass is 79.9. The molecule has 1 heterocycles. The first kappa shape index (κ1) is 14.2. The molecular formula is C14H14BrNO2S. The van der Waals surface area contributed by atoms with Crippen molar-refractivity contribution in [3.05, 3.63) is 49.9 Å². The summed E-state index contributed by atoms with van der Waals surface area (Å²) in [5.74, 6) is -0.297. The summed E-state index contributed by atoms with van der Waals surface area (Å²) in [6, 6.07) is 8.11. The van der Waals surface area contributed by atoms with Gasteiger partial charge >= 0.3 is 5.97 Å². The van der Waals surface area contributed by atoms with E-state index in [0.717, 1.165) is 5.69 Å². The Morgan fingerprint density at radius 2 is 2.16 bits per heavy atom. The first-order chi connectivity index (χ1) is 9.11. The van der Waals surface area contributed by atoms with Crippen LogP contribution in [0.25, 0.3) is 0 Å². The van der Waals surface area contributed by atoms with E-state index in [4.69, 9.17) is 4.74 Å². The number of carbonyl (C=O) groups excluding carboxylic acids is 1. The molecule has 19 heavy (non-hydrogen) atoms. The molecule has 0 unspecified atom stereocenters. The van der Waals surface area contributed by atoms with Crippen molar-refractivity contribution in [2.24, 2.45) is 0 Å². The van der Waals surface area contributed by atoms with Gasteiger partial charge in [-0.1, -0.05) is 35.6 Å². The third kappa shape index (κ3) is 3.42. The molecule has 0 amide bonds.